The molecule has 1 heterocycles. The zero-order chi connectivity index (χ0) is 13.8. The summed E-state index contributed by atoms with van der Waals surface area (Å²) in [5, 5.41) is 3.58. The maximum absolute atomic E-state index is 11.9. The van der Waals surface area contributed by atoms with Crippen LogP contribution in [0.15, 0.2) is 10.9 Å². The first kappa shape index (κ1) is 14.3. The monoisotopic (exact) mass is 263 g/mol. The molecule has 106 valence electrons. The van der Waals surface area contributed by atoms with E-state index in [-0.39, 0.29) is 5.56 Å². The lowest BCUT2D eigenvalue weighted by Gasteiger charge is -2.27. The topological polar surface area (TPSA) is 46.9 Å². The molecule has 4 nitrogen and oxygen atoms in total. The Morgan fingerprint density at radius 3 is 2.89 bits per heavy atom. The average Bonchev–Trinajstić information content (AvgIpc) is 2.32. The number of hydrogen-bond donors (Lipinski definition) is 1. The SMILES string of the molecule is Cc1cc(=O)n(CCNC2CCCC(C)C2)c(C)n1. The Balaban J connectivity index is 1.87. The van der Waals surface area contributed by atoms with Crippen molar-refractivity contribution in [3.63, 3.8) is 0 Å². The number of aryl methyl sites for hydroxylation is 2. The second kappa shape index (κ2) is 6.33. The lowest BCUT2D eigenvalue weighted by molar-refractivity contribution is 0.298. The van der Waals surface area contributed by atoms with Crippen molar-refractivity contribution >= 4 is 0 Å². The standard InChI is InChI=1S/C15H25N3O/c1-11-5-4-6-14(9-11)16-7-8-18-13(3)17-12(2)10-15(18)19/h10-11,14,16H,4-9H2,1-3H3. The second-order valence-corrected chi connectivity index (χ2v) is 5.86. The number of nitrogens with one attached hydrogen (secondary N) is 1. The van der Waals surface area contributed by atoms with Crippen molar-refractivity contribution in [3.05, 3.63) is 27.9 Å². The van der Waals surface area contributed by atoms with Crippen molar-refractivity contribution in [2.75, 3.05) is 6.54 Å². The normalized spacial score (nSPS) is 23.5. The van der Waals surface area contributed by atoms with E-state index in [1.807, 2.05) is 13.8 Å². The molecule has 0 aromatic carbocycles. The van der Waals surface area contributed by atoms with Crippen molar-refractivity contribution in [1.82, 2.24) is 14.9 Å². The molecule has 1 aromatic rings. The molecular formula is C15H25N3O. The predicted molar refractivity (Wildman–Crippen MR) is 77.4 cm³/mol. The molecule has 1 N–H and O–H groups in total. The van der Waals surface area contributed by atoms with Crippen molar-refractivity contribution < 1.29 is 0 Å². The number of nitrogens with zero attached hydrogens (tertiary/aromatic N) is 2. The Labute approximate surface area is 115 Å². The molecule has 2 unspecified atom stereocenters. The highest BCUT2D eigenvalue weighted by atomic mass is 16.1. The van der Waals surface area contributed by atoms with Crippen molar-refractivity contribution in [1.29, 1.82) is 0 Å². The molecule has 2 rings (SSSR count). The van der Waals surface area contributed by atoms with Gasteiger partial charge in [-0.1, -0.05) is 19.8 Å². The fourth-order valence-corrected chi connectivity index (χ4v) is 3.04. The third-order valence-electron chi connectivity index (χ3n) is 4.03. The minimum absolute atomic E-state index is 0.0591. The quantitative estimate of drug-likeness (QED) is 0.904. The lowest BCUT2D eigenvalue weighted by atomic mass is 9.87. The second-order valence-electron chi connectivity index (χ2n) is 5.86. The van der Waals surface area contributed by atoms with Crippen molar-refractivity contribution in [2.24, 2.45) is 5.92 Å². The molecule has 1 fully saturated rings. The molecule has 1 aromatic heterocycles. The van der Waals surface area contributed by atoms with Crippen LogP contribution < -0.4 is 10.9 Å². The first-order valence-electron chi connectivity index (χ1n) is 7.34. The van der Waals surface area contributed by atoms with Gasteiger partial charge in [-0.15, -0.1) is 0 Å². The lowest BCUT2D eigenvalue weighted by Crippen LogP contribution is -2.37. The van der Waals surface area contributed by atoms with Crippen LogP contribution in [0.4, 0.5) is 0 Å². The van der Waals surface area contributed by atoms with E-state index in [9.17, 15) is 4.79 Å². The Bertz CT molecular complexity index is 481. The number of rotatable bonds is 4. The number of aromatic nitrogens is 2. The summed E-state index contributed by atoms with van der Waals surface area (Å²) in [6.07, 6.45) is 5.22. The minimum Gasteiger partial charge on any atom is -0.312 e. The van der Waals surface area contributed by atoms with Crippen LogP contribution in [-0.2, 0) is 6.54 Å². The van der Waals surface area contributed by atoms with Gasteiger partial charge in [-0.05, 0) is 32.6 Å². The Kier molecular flexibility index (Phi) is 4.75. The first-order chi connectivity index (χ1) is 9.06. The highest BCUT2D eigenvalue weighted by Gasteiger charge is 2.17. The highest BCUT2D eigenvalue weighted by molar-refractivity contribution is 5.01. The first-order valence-corrected chi connectivity index (χ1v) is 7.34. The van der Waals surface area contributed by atoms with Crippen LogP contribution in [-0.4, -0.2) is 22.1 Å². The van der Waals surface area contributed by atoms with Crippen molar-refractivity contribution in [2.45, 2.75) is 59.0 Å². The van der Waals surface area contributed by atoms with E-state index in [0.29, 0.717) is 12.6 Å². The largest absolute Gasteiger partial charge is 0.312 e. The Hall–Kier alpha value is -1.16. The van der Waals surface area contributed by atoms with E-state index >= 15 is 0 Å². The molecule has 4 heteroatoms. The molecule has 1 saturated carbocycles. The molecule has 19 heavy (non-hydrogen) atoms. The zero-order valence-electron chi connectivity index (χ0n) is 12.3. The molecule has 0 spiro atoms. The molecule has 0 radical (unpaired) electrons. The van der Waals surface area contributed by atoms with Gasteiger partial charge in [-0.3, -0.25) is 9.36 Å². The maximum Gasteiger partial charge on any atom is 0.253 e. The van der Waals surface area contributed by atoms with E-state index in [4.69, 9.17) is 0 Å². The van der Waals surface area contributed by atoms with E-state index in [0.717, 1.165) is 24.0 Å². The summed E-state index contributed by atoms with van der Waals surface area (Å²) < 4.78 is 1.76. The fourth-order valence-electron chi connectivity index (χ4n) is 3.04. The van der Waals surface area contributed by atoms with Crippen LogP contribution in [0, 0.1) is 19.8 Å². The van der Waals surface area contributed by atoms with Crippen LogP contribution in [0.3, 0.4) is 0 Å². The van der Waals surface area contributed by atoms with Crippen LogP contribution in [0.2, 0.25) is 0 Å². The maximum atomic E-state index is 11.9. The minimum atomic E-state index is 0.0591. The van der Waals surface area contributed by atoms with Crippen LogP contribution >= 0.6 is 0 Å². The smallest absolute Gasteiger partial charge is 0.253 e. The predicted octanol–water partition coefficient (Wildman–Crippen LogP) is 2.03. The summed E-state index contributed by atoms with van der Waals surface area (Å²) in [4.78, 5) is 16.2. The molecular weight excluding hydrogens is 238 g/mol. The van der Waals surface area contributed by atoms with Gasteiger partial charge < -0.3 is 5.32 Å². The van der Waals surface area contributed by atoms with Crippen LogP contribution in [0.25, 0.3) is 0 Å². The zero-order valence-corrected chi connectivity index (χ0v) is 12.3. The summed E-state index contributed by atoms with van der Waals surface area (Å²) in [7, 11) is 0. The van der Waals surface area contributed by atoms with Gasteiger partial charge in [0.05, 0.1) is 0 Å². The van der Waals surface area contributed by atoms with Gasteiger partial charge in [0.1, 0.15) is 5.82 Å². The molecule has 0 amide bonds. The molecule has 1 aliphatic rings. The third kappa shape index (κ3) is 3.90. The summed E-state index contributed by atoms with van der Waals surface area (Å²) in [5.41, 5.74) is 0.858. The molecule has 1 aliphatic carbocycles. The number of hydrogen-bond acceptors (Lipinski definition) is 3. The highest BCUT2D eigenvalue weighted by Crippen LogP contribution is 2.23. The Morgan fingerprint density at radius 1 is 1.42 bits per heavy atom. The van der Waals surface area contributed by atoms with E-state index in [1.165, 1.54) is 25.7 Å². The van der Waals surface area contributed by atoms with Gasteiger partial charge >= 0.3 is 0 Å². The molecule has 0 saturated heterocycles. The van der Waals surface area contributed by atoms with Gasteiger partial charge in [0.15, 0.2) is 0 Å². The summed E-state index contributed by atoms with van der Waals surface area (Å²) in [5.74, 6) is 1.64. The average molecular weight is 263 g/mol. The summed E-state index contributed by atoms with van der Waals surface area (Å²) in [6.45, 7) is 7.65. The Morgan fingerprint density at radius 2 is 2.21 bits per heavy atom. The van der Waals surface area contributed by atoms with Gasteiger partial charge in [0, 0.05) is 30.9 Å². The fraction of sp³-hybridized carbons (Fsp3) is 0.733. The van der Waals surface area contributed by atoms with Gasteiger partial charge in [0.2, 0.25) is 0 Å². The summed E-state index contributed by atoms with van der Waals surface area (Å²) >= 11 is 0. The van der Waals surface area contributed by atoms with Crippen LogP contribution in [0.5, 0.6) is 0 Å². The van der Waals surface area contributed by atoms with Gasteiger partial charge in [-0.25, -0.2) is 4.98 Å². The van der Waals surface area contributed by atoms with Gasteiger partial charge in [0.25, 0.3) is 5.56 Å². The molecule has 0 aliphatic heterocycles. The van der Waals surface area contributed by atoms with Crippen molar-refractivity contribution in [3.8, 4) is 0 Å². The van der Waals surface area contributed by atoms with E-state index < -0.39 is 0 Å². The van der Waals surface area contributed by atoms with E-state index in [1.54, 1.807) is 10.6 Å². The summed E-state index contributed by atoms with van der Waals surface area (Å²) in [6, 6.07) is 2.23. The third-order valence-corrected chi connectivity index (χ3v) is 4.03. The molecule has 2 atom stereocenters. The van der Waals surface area contributed by atoms with Crippen LogP contribution in [0.1, 0.15) is 44.1 Å². The van der Waals surface area contributed by atoms with E-state index in [2.05, 4.69) is 17.2 Å². The van der Waals surface area contributed by atoms with Gasteiger partial charge in [-0.2, -0.15) is 0 Å². The molecule has 0 bridgehead atoms.